The molecule has 0 spiro atoms. The average Bonchev–Trinajstić information content (AvgIpc) is 3.58. The van der Waals surface area contributed by atoms with Crippen LogP contribution in [0.5, 0.6) is 11.5 Å². The number of aromatic hydroxyl groups is 1. The first-order chi connectivity index (χ1) is 20.0. The number of hydrogen-bond donors (Lipinski definition) is 3. The van der Waals surface area contributed by atoms with Crippen LogP contribution in [0.15, 0.2) is 48.5 Å². The van der Waals surface area contributed by atoms with E-state index in [9.17, 15) is 9.90 Å². The number of hydrogen-bond acceptors (Lipinski definition) is 8. The number of anilines is 1. The molecule has 1 aliphatic rings. The summed E-state index contributed by atoms with van der Waals surface area (Å²) in [5.74, 6) is 5.77. The van der Waals surface area contributed by atoms with Crippen LogP contribution >= 0.6 is 0 Å². The molecule has 0 unspecified atom stereocenters. The summed E-state index contributed by atoms with van der Waals surface area (Å²) < 4.78 is 16.9. The zero-order valence-corrected chi connectivity index (χ0v) is 23.7. The number of benzene rings is 3. The second-order valence-electron chi connectivity index (χ2n) is 10.3. The standard InChI is InChI=1S/C31H38N4O6/c1-21-4-3-5-25-29(36)20-28-24(30(21)25)8-9-35(28)31(37)27-19-22-18-23(6-7-26(22)33-27)40-13-11-34(2)10-12-38-14-15-39-16-17-41-32/h3-7,18-20,33,36H,8-17,32H2,1-2H3. The van der Waals surface area contributed by atoms with E-state index in [0.29, 0.717) is 51.9 Å². The van der Waals surface area contributed by atoms with Gasteiger partial charge in [0.15, 0.2) is 0 Å². The molecule has 4 N–H and O–H groups in total. The number of nitrogens with one attached hydrogen (secondary N) is 1. The monoisotopic (exact) mass is 562 g/mol. The Morgan fingerprint density at radius 1 is 1.02 bits per heavy atom. The summed E-state index contributed by atoms with van der Waals surface area (Å²) in [5.41, 5.74) is 4.35. The number of likely N-dealkylation sites (N-methyl/N-ethyl adjacent to an activating group) is 1. The van der Waals surface area contributed by atoms with Gasteiger partial charge in [0.2, 0.25) is 0 Å². The van der Waals surface area contributed by atoms with Gasteiger partial charge in [-0.25, -0.2) is 5.90 Å². The van der Waals surface area contributed by atoms with Crippen molar-refractivity contribution >= 4 is 33.3 Å². The molecule has 41 heavy (non-hydrogen) atoms. The Bertz CT molecular complexity index is 1500. The molecule has 5 rings (SSSR count). The van der Waals surface area contributed by atoms with Crippen molar-refractivity contribution in [2.24, 2.45) is 5.90 Å². The van der Waals surface area contributed by atoms with Crippen molar-refractivity contribution in [1.29, 1.82) is 0 Å². The molecule has 3 aromatic carbocycles. The third kappa shape index (κ3) is 6.64. The topological polar surface area (TPSA) is 123 Å². The number of H-pyrrole nitrogens is 1. The van der Waals surface area contributed by atoms with E-state index in [0.717, 1.165) is 63.7 Å². The first-order valence-corrected chi connectivity index (χ1v) is 13.9. The zero-order chi connectivity index (χ0) is 28.8. The number of aromatic nitrogens is 1. The summed E-state index contributed by atoms with van der Waals surface area (Å²) in [6, 6.07) is 15.3. The largest absolute Gasteiger partial charge is 0.507 e. The second-order valence-corrected chi connectivity index (χ2v) is 10.3. The van der Waals surface area contributed by atoms with Crippen LogP contribution < -0.4 is 15.5 Å². The number of nitrogens with zero attached hydrogens (tertiary/aromatic N) is 2. The number of rotatable bonds is 14. The lowest BCUT2D eigenvalue weighted by atomic mass is 9.97. The summed E-state index contributed by atoms with van der Waals surface area (Å²) in [5, 5.41) is 13.5. The summed E-state index contributed by atoms with van der Waals surface area (Å²) >= 11 is 0. The Morgan fingerprint density at radius 2 is 1.80 bits per heavy atom. The van der Waals surface area contributed by atoms with Gasteiger partial charge in [-0.1, -0.05) is 18.2 Å². The van der Waals surface area contributed by atoms with E-state index in [4.69, 9.17) is 20.1 Å². The highest BCUT2D eigenvalue weighted by atomic mass is 16.6. The molecule has 0 aliphatic carbocycles. The number of phenols is 1. The van der Waals surface area contributed by atoms with Gasteiger partial charge in [-0.3, -0.25) is 4.79 Å². The van der Waals surface area contributed by atoms with E-state index in [1.165, 1.54) is 0 Å². The third-order valence-corrected chi connectivity index (χ3v) is 7.45. The second kappa shape index (κ2) is 13.3. The first kappa shape index (κ1) is 28.8. The van der Waals surface area contributed by atoms with Gasteiger partial charge in [-0.2, -0.15) is 0 Å². The molecule has 0 saturated heterocycles. The van der Waals surface area contributed by atoms with E-state index in [2.05, 4.69) is 14.7 Å². The number of nitrogens with two attached hydrogens (primary N) is 1. The normalized spacial score (nSPS) is 13.0. The number of carbonyl (C=O) groups excluding carboxylic acids is 1. The van der Waals surface area contributed by atoms with Crippen LogP contribution in [-0.4, -0.2) is 87.2 Å². The fraction of sp³-hybridized carbons (Fsp3) is 0.387. The van der Waals surface area contributed by atoms with Crippen LogP contribution in [-0.2, 0) is 20.7 Å². The first-order valence-electron chi connectivity index (χ1n) is 13.9. The number of carbonyl (C=O) groups is 1. The van der Waals surface area contributed by atoms with Gasteiger partial charge in [0.1, 0.15) is 23.8 Å². The molecule has 0 radical (unpaired) electrons. The van der Waals surface area contributed by atoms with E-state index < -0.39 is 0 Å². The molecule has 218 valence electrons. The smallest absolute Gasteiger partial charge is 0.274 e. The maximum absolute atomic E-state index is 13.6. The van der Waals surface area contributed by atoms with Crippen LogP contribution in [0.2, 0.25) is 0 Å². The molecular weight excluding hydrogens is 524 g/mol. The van der Waals surface area contributed by atoms with Crippen molar-refractivity contribution in [3.63, 3.8) is 0 Å². The molecular formula is C31H38N4O6. The van der Waals surface area contributed by atoms with Gasteiger partial charge < -0.3 is 38.9 Å². The lowest BCUT2D eigenvalue weighted by Gasteiger charge is -2.18. The molecule has 0 saturated carbocycles. The predicted octanol–water partition coefficient (Wildman–Crippen LogP) is 3.77. The molecule has 2 heterocycles. The maximum Gasteiger partial charge on any atom is 0.274 e. The van der Waals surface area contributed by atoms with Gasteiger partial charge in [0, 0.05) is 42.0 Å². The minimum atomic E-state index is -0.116. The lowest BCUT2D eigenvalue weighted by molar-refractivity contribution is 0.0109. The Morgan fingerprint density at radius 3 is 2.63 bits per heavy atom. The van der Waals surface area contributed by atoms with E-state index in [-0.39, 0.29) is 11.7 Å². The summed E-state index contributed by atoms with van der Waals surface area (Å²) in [4.78, 5) is 25.2. The van der Waals surface area contributed by atoms with Crippen molar-refractivity contribution in [3.8, 4) is 11.5 Å². The van der Waals surface area contributed by atoms with Crippen molar-refractivity contribution in [3.05, 3.63) is 65.4 Å². The molecule has 1 amide bonds. The number of aryl methyl sites for hydroxylation is 1. The van der Waals surface area contributed by atoms with E-state index in [1.54, 1.807) is 11.0 Å². The molecule has 0 atom stereocenters. The van der Waals surface area contributed by atoms with E-state index in [1.807, 2.05) is 56.4 Å². The van der Waals surface area contributed by atoms with Crippen molar-refractivity contribution < 1.29 is 28.9 Å². The summed E-state index contributed by atoms with van der Waals surface area (Å²) in [6.45, 7) is 7.14. The maximum atomic E-state index is 13.6. The number of aromatic amines is 1. The Hall–Kier alpha value is -3.67. The Balaban J connectivity index is 1.15. The predicted molar refractivity (Wildman–Crippen MR) is 159 cm³/mol. The highest BCUT2D eigenvalue weighted by Gasteiger charge is 2.29. The van der Waals surface area contributed by atoms with Gasteiger partial charge in [0.05, 0.1) is 38.7 Å². The van der Waals surface area contributed by atoms with Gasteiger partial charge in [-0.15, -0.1) is 0 Å². The minimum absolute atomic E-state index is 0.116. The molecule has 0 fully saturated rings. The molecule has 10 heteroatoms. The van der Waals surface area contributed by atoms with E-state index >= 15 is 0 Å². The van der Waals surface area contributed by atoms with Crippen LogP contribution in [0.4, 0.5) is 5.69 Å². The molecule has 4 aromatic rings. The molecule has 10 nitrogen and oxygen atoms in total. The quantitative estimate of drug-likeness (QED) is 0.157. The number of phenolic OH excluding ortho intramolecular Hbond substituents is 1. The highest BCUT2D eigenvalue weighted by molar-refractivity contribution is 6.11. The fourth-order valence-corrected chi connectivity index (χ4v) is 5.29. The van der Waals surface area contributed by atoms with Crippen molar-refractivity contribution in [1.82, 2.24) is 9.88 Å². The van der Waals surface area contributed by atoms with Gasteiger partial charge in [0.25, 0.3) is 5.91 Å². The highest BCUT2D eigenvalue weighted by Crippen LogP contribution is 2.41. The van der Waals surface area contributed by atoms with Crippen LogP contribution in [0, 0.1) is 6.92 Å². The third-order valence-electron chi connectivity index (χ3n) is 7.45. The summed E-state index contributed by atoms with van der Waals surface area (Å²) in [6.07, 6.45) is 0.751. The average molecular weight is 563 g/mol. The number of fused-ring (bicyclic) bond motifs is 4. The molecule has 0 bridgehead atoms. The zero-order valence-electron chi connectivity index (χ0n) is 23.7. The minimum Gasteiger partial charge on any atom is -0.507 e. The van der Waals surface area contributed by atoms with Crippen molar-refractivity contribution in [2.45, 2.75) is 13.3 Å². The van der Waals surface area contributed by atoms with Crippen LogP contribution in [0.3, 0.4) is 0 Å². The molecule has 1 aliphatic heterocycles. The van der Waals surface area contributed by atoms with Gasteiger partial charge >= 0.3 is 0 Å². The van der Waals surface area contributed by atoms with Crippen LogP contribution in [0.1, 0.15) is 21.6 Å². The van der Waals surface area contributed by atoms with Crippen molar-refractivity contribution in [2.75, 3.05) is 71.2 Å². The summed E-state index contributed by atoms with van der Waals surface area (Å²) in [7, 11) is 2.02. The van der Waals surface area contributed by atoms with Gasteiger partial charge in [-0.05, 0) is 61.2 Å². The Labute approximate surface area is 239 Å². The SMILES string of the molecule is Cc1cccc2c(O)cc3c(c12)CCN3C(=O)c1cc2cc(OCCN(C)CCOCCOCCON)ccc2[nH]1. The number of ether oxygens (including phenoxy) is 3. The Kier molecular flexibility index (Phi) is 9.38. The lowest BCUT2D eigenvalue weighted by Crippen LogP contribution is -2.29. The molecule has 1 aromatic heterocycles. The number of amides is 1. The van der Waals surface area contributed by atoms with Crippen LogP contribution in [0.25, 0.3) is 21.7 Å². The fourth-order valence-electron chi connectivity index (χ4n) is 5.29.